The molecule has 1 atom stereocenters. The highest BCUT2D eigenvalue weighted by molar-refractivity contribution is 5.55. The third-order valence-corrected chi connectivity index (χ3v) is 2.94. The molecule has 0 radical (unpaired) electrons. The molecule has 0 spiro atoms. The van der Waals surface area contributed by atoms with Crippen LogP contribution in [-0.4, -0.2) is 34.0 Å². The van der Waals surface area contributed by atoms with Gasteiger partial charge in [-0.25, -0.2) is 0 Å². The lowest BCUT2D eigenvalue weighted by atomic mass is 10.1. The third kappa shape index (κ3) is 3.92. The minimum atomic E-state index is -0.0147. The van der Waals surface area contributed by atoms with E-state index in [2.05, 4.69) is 13.8 Å². The van der Waals surface area contributed by atoms with Gasteiger partial charge in [0, 0.05) is 18.2 Å². The van der Waals surface area contributed by atoms with E-state index in [4.69, 9.17) is 24.7 Å². The van der Waals surface area contributed by atoms with Crippen LogP contribution < -0.4 is 24.7 Å². The molecule has 5 nitrogen and oxygen atoms in total. The predicted octanol–water partition coefficient (Wildman–Crippen LogP) is 2.07. The fourth-order valence-corrected chi connectivity index (χ4v) is 1.53. The van der Waals surface area contributed by atoms with Crippen molar-refractivity contribution in [3.8, 4) is 23.0 Å². The minimum absolute atomic E-state index is 0.0147. The van der Waals surface area contributed by atoms with Crippen LogP contribution >= 0.6 is 0 Å². The fourth-order valence-electron chi connectivity index (χ4n) is 1.53. The number of hydrogen-bond donors (Lipinski definition) is 1. The first kappa shape index (κ1) is 15.4. The monoisotopic (exact) mass is 269 g/mol. The first-order chi connectivity index (χ1) is 9.03. The first-order valence-electron chi connectivity index (χ1n) is 6.21. The van der Waals surface area contributed by atoms with Crippen molar-refractivity contribution >= 4 is 0 Å². The summed E-state index contributed by atoms with van der Waals surface area (Å²) in [5.41, 5.74) is 5.95. The van der Waals surface area contributed by atoms with Gasteiger partial charge in [0.2, 0.25) is 5.75 Å². The Bertz CT molecular complexity index is 381. The number of hydrogen-bond acceptors (Lipinski definition) is 5. The van der Waals surface area contributed by atoms with Crippen molar-refractivity contribution in [2.75, 3.05) is 27.9 Å². The van der Waals surface area contributed by atoms with Crippen molar-refractivity contribution < 1.29 is 18.9 Å². The van der Waals surface area contributed by atoms with E-state index in [0.717, 1.165) is 0 Å². The lowest BCUT2D eigenvalue weighted by Gasteiger charge is -2.18. The van der Waals surface area contributed by atoms with Crippen LogP contribution in [0, 0.1) is 5.92 Å². The average Bonchev–Trinajstić information content (AvgIpc) is 2.42. The molecule has 1 unspecified atom stereocenters. The smallest absolute Gasteiger partial charge is 0.203 e. The van der Waals surface area contributed by atoms with Crippen LogP contribution in [0.5, 0.6) is 23.0 Å². The van der Waals surface area contributed by atoms with Crippen molar-refractivity contribution in [2.24, 2.45) is 11.7 Å². The summed E-state index contributed by atoms with van der Waals surface area (Å²) < 4.78 is 21.4. The van der Waals surface area contributed by atoms with Gasteiger partial charge in [0.15, 0.2) is 11.5 Å². The van der Waals surface area contributed by atoms with Crippen LogP contribution in [0.1, 0.15) is 13.8 Å². The summed E-state index contributed by atoms with van der Waals surface area (Å²) in [6.45, 7) is 4.56. The average molecular weight is 269 g/mol. The Morgan fingerprint density at radius 2 is 1.53 bits per heavy atom. The summed E-state index contributed by atoms with van der Waals surface area (Å²) in [6.07, 6.45) is 0. The highest BCUT2D eigenvalue weighted by atomic mass is 16.5. The van der Waals surface area contributed by atoms with Gasteiger partial charge in [-0.2, -0.15) is 0 Å². The topological polar surface area (TPSA) is 62.9 Å². The molecule has 0 saturated carbocycles. The van der Waals surface area contributed by atoms with Crippen LogP contribution in [0.15, 0.2) is 12.1 Å². The van der Waals surface area contributed by atoms with E-state index in [1.165, 1.54) is 0 Å². The zero-order chi connectivity index (χ0) is 14.4. The summed E-state index contributed by atoms with van der Waals surface area (Å²) in [5.74, 6) is 2.68. The van der Waals surface area contributed by atoms with Gasteiger partial charge < -0.3 is 24.7 Å². The Hall–Kier alpha value is -1.62. The van der Waals surface area contributed by atoms with Gasteiger partial charge in [-0.05, 0) is 5.92 Å². The fraction of sp³-hybridized carbons (Fsp3) is 0.571. The first-order valence-corrected chi connectivity index (χ1v) is 6.21. The molecule has 0 aliphatic heterocycles. The zero-order valence-electron chi connectivity index (χ0n) is 12.2. The summed E-state index contributed by atoms with van der Waals surface area (Å²) >= 11 is 0. The second kappa shape index (κ2) is 7.09. The normalized spacial score (nSPS) is 12.2. The molecular weight excluding hydrogens is 246 g/mol. The molecule has 1 aromatic carbocycles. The van der Waals surface area contributed by atoms with Crippen molar-refractivity contribution in [3.63, 3.8) is 0 Å². The SMILES string of the molecule is COc1cc(OCC(N)C(C)C)cc(OC)c1OC. The van der Waals surface area contributed by atoms with Crippen LogP contribution in [-0.2, 0) is 0 Å². The zero-order valence-corrected chi connectivity index (χ0v) is 12.2. The summed E-state index contributed by atoms with van der Waals surface area (Å²) in [6, 6.07) is 3.50. The van der Waals surface area contributed by atoms with Gasteiger partial charge >= 0.3 is 0 Å². The standard InChI is InChI=1S/C14H23NO4/c1-9(2)11(15)8-19-10-6-12(16-3)14(18-5)13(7-10)17-4/h6-7,9,11H,8,15H2,1-5H3. The van der Waals surface area contributed by atoms with Crippen LogP contribution in [0.25, 0.3) is 0 Å². The van der Waals surface area contributed by atoms with E-state index in [0.29, 0.717) is 35.5 Å². The van der Waals surface area contributed by atoms with Gasteiger partial charge in [-0.15, -0.1) is 0 Å². The molecule has 5 heteroatoms. The molecule has 0 aliphatic rings. The molecule has 0 heterocycles. The van der Waals surface area contributed by atoms with Crippen molar-refractivity contribution in [2.45, 2.75) is 19.9 Å². The largest absolute Gasteiger partial charge is 0.493 e. The summed E-state index contributed by atoms with van der Waals surface area (Å²) in [5, 5.41) is 0. The predicted molar refractivity (Wildman–Crippen MR) is 74.4 cm³/mol. The molecule has 0 amide bonds. The second-order valence-corrected chi connectivity index (χ2v) is 4.58. The van der Waals surface area contributed by atoms with Gasteiger partial charge in [0.1, 0.15) is 12.4 Å². The Labute approximate surface area is 114 Å². The van der Waals surface area contributed by atoms with E-state index in [-0.39, 0.29) is 6.04 Å². The molecule has 0 aromatic heterocycles. The molecule has 0 aliphatic carbocycles. The van der Waals surface area contributed by atoms with Crippen molar-refractivity contribution in [1.82, 2.24) is 0 Å². The van der Waals surface area contributed by atoms with E-state index in [9.17, 15) is 0 Å². The highest BCUT2D eigenvalue weighted by Gasteiger charge is 2.15. The summed E-state index contributed by atoms with van der Waals surface area (Å²) in [4.78, 5) is 0. The van der Waals surface area contributed by atoms with Gasteiger partial charge in [-0.1, -0.05) is 13.8 Å². The maximum atomic E-state index is 5.95. The van der Waals surface area contributed by atoms with Gasteiger partial charge in [0.25, 0.3) is 0 Å². The van der Waals surface area contributed by atoms with Gasteiger partial charge in [-0.3, -0.25) is 0 Å². The molecule has 1 aromatic rings. The minimum Gasteiger partial charge on any atom is -0.493 e. The maximum absolute atomic E-state index is 5.95. The van der Waals surface area contributed by atoms with Crippen molar-refractivity contribution in [3.05, 3.63) is 12.1 Å². The van der Waals surface area contributed by atoms with Crippen molar-refractivity contribution in [1.29, 1.82) is 0 Å². The molecule has 1 rings (SSSR count). The summed E-state index contributed by atoms with van der Waals surface area (Å²) in [7, 11) is 4.71. The number of nitrogens with two attached hydrogens (primary N) is 1. The van der Waals surface area contributed by atoms with Crippen LogP contribution in [0.3, 0.4) is 0 Å². The number of methoxy groups -OCH3 is 3. The lowest BCUT2D eigenvalue weighted by molar-refractivity contribution is 0.255. The van der Waals surface area contributed by atoms with Crippen LogP contribution in [0.4, 0.5) is 0 Å². The second-order valence-electron chi connectivity index (χ2n) is 4.58. The molecule has 2 N–H and O–H groups in total. The lowest BCUT2D eigenvalue weighted by Crippen LogP contribution is -2.33. The van der Waals surface area contributed by atoms with E-state index in [1.54, 1.807) is 33.5 Å². The Morgan fingerprint density at radius 3 is 1.89 bits per heavy atom. The van der Waals surface area contributed by atoms with E-state index in [1.807, 2.05) is 0 Å². The number of ether oxygens (including phenoxy) is 4. The Balaban J connectivity index is 2.90. The molecule has 108 valence electrons. The van der Waals surface area contributed by atoms with E-state index < -0.39 is 0 Å². The molecular formula is C14H23NO4. The van der Waals surface area contributed by atoms with E-state index >= 15 is 0 Å². The molecule has 0 fully saturated rings. The number of rotatable bonds is 7. The molecule has 19 heavy (non-hydrogen) atoms. The molecule has 0 bridgehead atoms. The van der Waals surface area contributed by atoms with Gasteiger partial charge in [0.05, 0.1) is 21.3 Å². The van der Waals surface area contributed by atoms with Crippen LogP contribution in [0.2, 0.25) is 0 Å². The third-order valence-electron chi connectivity index (χ3n) is 2.94. The Morgan fingerprint density at radius 1 is 1.00 bits per heavy atom. The number of benzene rings is 1. The maximum Gasteiger partial charge on any atom is 0.203 e. The Kier molecular flexibility index (Phi) is 5.76. The quantitative estimate of drug-likeness (QED) is 0.821. The molecule has 0 saturated heterocycles. The highest BCUT2D eigenvalue weighted by Crippen LogP contribution is 2.40.